The van der Waals surface area contributed by atoms with Crippen LogP contribution in [0.2, 0.25) is 0 Å². The number of ether oxygens (including phenoxy) is 1. The van der Waals surface area contributed by atoms with E-state index in [1.807, 2.05) is 24.1 Å². The van der Waals surface area contributed by atoms with Crippen molar-refractivity contribution in [2.75, 3.05) is 25.2 Å². The number of amides is 1. The molecule has 12 heteroatoms. The van der Waals surface area contributed by atoms with Crippen LogP contribution in [0.15, 0.2) is 71.7 Å². The standard InChI is InChI=1S/C21H22N4O4S4/c1-14-15(2)31-19(25(14)20-22-10-13-30-20)17-18(26)24(11-7-12-29-3)21(32-17)23-33(27,28)16-8-5-4-6-9-16/h4-6,8-10,13H,7,11-12H2,1-3H3/b19-17+,23-21-. The van der Waals surface area contributed by atoms with Crippen LogP contribution in [0.3, 0.4) is 0 Å². The molecule has 4 rings (SSSR count). The molecule has 174 valence electrons. The molecule has 33 heavy (non-hydrogen) atoms. The van der Waals surface area contributed by atoms with Crippen LogP contribution in [-0.4, -0.2) is 49.6 Å². The van der Waals surface area contributed by atoms with Gasteiger partial charge in [0, 0.05) is 42.4 Å². The number of thiazole rings is 1. The molecule has 0 unspecified atom stereocenters. The van der Waals surface area contributed by atoms with E-state index in [0.29, 0.717) is 29.5 Å². The third-order valence-electron chi connectivity index (χ3n) is 4.94. The van der Waals surface area contributed by atoms with Crippen LogP contribution in [-0.2, 0) is 19.6 Å². The zero-order valence-electron chi connectivity index (χ0n) is 18.2. The molecule has 1 saturated heterocycles. The highest BCUT2D eigenvalue weighted by Gasteiger charge is 2.41. The summed E-state index contributed by atoms with van der Waals surface area (Å²) in [6, 6.07) is 8.00. The van der Waals surface area contributed by atoms with Gasteiger partial charge >= 0.3 is 0 Å². The fourth-order valence-corrected chi connectivity index (χ4v) is 7.42. The highest BCUT2D eigenvalue weighted by Crippen LogP contribution is 2.49. The third kappa shape index (κ3) is 4.90. The number of anilines is 1. The van der Waals surface area contributed by atoms with Crippen molar-refractivity contribution in [2.24, 2.45) is 4.40 Å². The number of rotatable bonds is 7. The summed E-state index contributed by atoms with van der Waals surface area (Å²) < 4.78 is 35.1. The molecule has 0 radical (unpaired) electrons. The van der Waals surface area contributed by atoms with Gasteiger partial charge < -0.3 is 4.74 Å². The number of hydrogen-bond donors (Lipinski definition) is 0. The first-order chi connectivity index (χ1) is 15.8. The van der Waals surface area contributed by atoms with E-state index >= 15 is 0 Å². The van der Waals surface area contributed by atoms with Crippen molar-refractivity contribution in [3.8, 4) is 0 Å². The van der Waals surface area contributed by atoms with Gasteiger partial charge in [0.15, 0.2) is 10.3 Å². The molecule has 1 amide bonds. The van der Waals surface area contributed by atoms with Gasteiger partial charge in [-0.3, -0.25) is 14.6 Å². The monoisotopic (exact) mass is 522 g/mol. The number of carbonyl (C=O) groups is 1. The highest BCUT2D eigenvalue weighted by molar-refractivity contribution is 8.20. The zero-order chi connectivity index (χ0) is 23.6. The molecular weight excluding hydrogens is 501 g/mol. The number of sulfonamides is 1. The first kappa shape index (κ1) is 24.0. The molecule has 0 saturated carbocycles. The lowest BCUT2D eigenvalue weighted by molar-refractivity contribution is -0.122. The molecule has 8 nitrogen and oxygen atoms in total. The number of methoxy groups -OCH3 is 1. The minimum absolute atomic E-state index is 0.0801. The average molecular weight is 523 g/mol. The van der Waals surface area contributed by atoms with Gasteiger partial charge in [0.1, 0.15) is 9.93 Å². The fourth-order valence-electron chi connectivity index (χ4n) is 3.19. The predicted octanol–water partition coefficient (Wildman–Crippen LogP) is 4.47. The Morgan fingerprint density at radius 2 is 1.91 bits per heavy atom. The van der Waals surface area contributed by atoms with Crippen molar-refractivity contribution in [1.82, 2.24) is 9.88 Å². The molecule has 1 aromatic carbocycles. The average Bonchev–Trinajstić information content (AvgIpc) is 3.49. The summed E-state index contributed by atoms with van der Waals surface area (Å²) in [6.45, 7) is 4.71. The number of nitrogens with zero attached hydrogens (tertiary/aromatic N) is 4. The number of thioether (sulfide) groups is 2. The van der Waals surface area contributed by atoms with E-state index < -0.39 is 10.0 Å². The zero-order valence-corrected chi connectivity index (χ0v) is 21.5. The van der Waals surface area contributed by atoms with Crippen LogP contribution in [0, 0.1) is 0 Å². The van der Waals surface area contributed by atoms with Gasteiger partial charge in [-0.1, -0.05) is 30.0 Å². The number of benzene rings is 1. The Kier molecular flexibility index (Phi) is 7.29. The van der Waals surface area contributed by atoms with E-state index in [1.165, 1.54) is 40.1 Å². The summed E-state index contributed by atoms with van der Waals surface area (Å²) in [5.74, 6) is -0.273. The van der Waals surface area contributed by atoms with Crippen LogP contribution in [0.4, 0.5) is 5.13 Å². The van der Waals surface area contributed by atoms with Gasteiger partial charge in [-0.2, -0.15) is 8.42 Å². The second kappa shape index (κ2) is 10.0. The Morgan fingerprint density at radius 3 is 2.58 bits per heavy atom. The van der Waals surface area contributed by atoms with Crippen molar-refractivity contribution >= 4 is 61.1 Å². The normalized spacial score (nSPS) is 20.6. The summed E-state index contributed by atoms with van der Waals surface area (Å²) in [6.07, 6.45) is 2.27. The molecule has 2 aliphatic rings. The lowest BCUT2D eigenvalue weighted by atomic mass is 10.3. The van der Waals surface area contributed by atoms with E-state index in [1.54, 1.807) is 31.5 Å². The van der Waals surface area contributed by atoms with Crippen LogP contribution in [0.1, 0.15) is 20.3 Å². The summed E-state index contributed by atoms with van der Waals surface area (Å²) >= 11 is 4.04. The lowest BCUT2D eigenvalue weighted by Crippen LogP contribution is -2.32. The molecular formula is C21H22N4O4S4. The topological polar surface area (TPSA) is 92.2 Å². The van der Waals surface area contributed by atoms with Crippen molar-refractivity contribution in [1.29, 1.82) is 0 Å². The van der Waals surface area contributed by atoms with Crippen molar-refractivity contribution in [3.63, 3.8) is 0 Å². The Balaban J connectivity index is 1.77. The van der Waals surface area contributed by atoms with Gasteiger partial charge in [0.05, 0.1) is 4.90 Å². The molecule has 1 aromatic heterocycles. The molecule has 2 aromatic rings. The molecule has 0 spiro atoms. The molecule has 3 heterocycles. The fraction of sp³-hybridized carbons (Fsp3) is 0.286. The largest absolute Gasteiger partial charge is 0.385 e. The first-order valence-corrected chi connectivity index (χ1v) is 14.0. The van der Waals surface area contributed by atoms with Crippen LogP contribution in [0.25, 0.3) is 0 Å². The number of aromatic nitrogens is 1. The minimum Gasteiger partial charge on any atom is -0.385 e. The summed E-state index contributed by atoms with van der Waals surface area (Å²) in [7, 11) is -2.39. The molecule has 0 atom stereocenters. The predicted molar refractivity (Wildman–Crippen MR) is 134 cm³/mol. The van der Waals surface area contributed by atoms with E-state index in [9.17, 15) is 13.2 Å². The molecule has 1 fully saturated rings. The molecule has 0 N–H and O–H groups in total. The number of allylic oxidation sites excluding steroid dienone is 2. The maximum atomic E-state index is 13.5. The van der Waals surface area contributed by atoms with Crippen molar-refractivity contribution in [3.05, 3.63) is 62.4 Å². The van der Waals surface area contributed by atoms with Gasteiger partial charge in [0.2, 0.25) is 0 Å². The minimum atomic E-state index is -3.98. The van der Waals surface area contributed by atoms with Crippen LogP contribution < -0.4 is 4.90 Å². The summed E-state index contributed by atoms with van der Waals surface area (Å²) in [5, 5.41) is 3.49. The smallest absolute Gasteiger partial charge is 0.284 e. The Labute approximate surface area is 205 Å². The van der Waals surface area contributed by atoms with Crippen LogP contribution in [0.5, 0.6) is 0 Å². The Bertz CT molecular complexity index is 1240. The Morgan fingerprint density at radius 1 is 1.15 bits per heavy atom. The quantitative estimate of drug-likeness (QED) is 0.388. The lowest BCUT2D eigenvalue weighted by Gasteiger charge is -2.19. The van der Waals surface area contributed by atoms with E-state index in [0.717, 1.165) is 27.5 Å². The number of carbonyl (C=O) groups excluding carboxylic acids is 1. The van der Waals surface area contributed by atoms with Gasteiger partial charge in [0.25, 0.3) is 15.9 Å². The molecule has 0 bridgehead atoms. The summed E-state index contributed by atoms with van der Waals surface area (Å²) in [4.78, 5) is 22.9. The van der Waals surface area contributed by atoms with E-state index in [2.05, 4.69) is 9.38 Å². The number of amidine groups is 1. The second-order valence-corrected chi connectivity index (χ2v) is 11.8. The maximum Gasteiger partial charge on any atom is 0.284 e. The Hall–Kier alpha value is -2.12. The van der Waals surface area contributed by atoms with Crippen molar-refractivity contribution in [2.45, 2.75) is 25.2 Å². The van der Waals surface area contributed by atoms with Gasteiger partial charge in [-0.25, -0.2) is 4.98 Å². The second-order valence-electron chi connectivity index (χ2n) is 7.10. The SMILES string of the molecule is COCCCN1C(=O)/C(=C2\SC(C)=C(C)N2c2nccs2)S/C1=N\S(=O)(=O)c1ccccc1. The van der Waals surface area contributed by atoms with E-state index in [4.69, 9.17) is 4.74 Å². The molecule has 0 aliphatic carbocycles. The highest BCUT2D eigenvalue weighted by atomic mass is 32.2. The first-order valence-electron chi connectivity index (χ1n) is 10.0. The maximum absolute atomic E-state index is 13.5. The van der Waals surface area contributed by atoms with Crippen LogP contribution >= 0.6 is 34.9 Å². The summed E-state index contributed by atoms with van der Waals surface area (Å²) in [5.41, 5.74) is 0.985. The molecule has 2 aliphatic heterocycles. The van der Waals surface area contributed by atoms with Gasteiger partial charge in [-0.15, -0.1) is 15.7 Å². The van der Waals surface area contributed by atoms with E-state index in [-0.39, 0.29) is 16.0 Å². The third-order valence-corrected chi connectivity index (χ3v) is 9.47. The van der Waals surface area contributed by atoms with Gasteiger partial charge in [-0.05, 0) is 44.2 Å². The van der Waals surface area contributed by atoms with Crippen molar-refractivity contribution < 1.29 is 17.9 Å². The number of hydrogen-bond acceptors (Lipinski definition) is 9.